The van der Waals surface area contributed by atoms with Gasteiger partial charge in [-0.25, -0.2) is 8.42 Å². The number of halogens is 1. The zero-order chi connectivity index (χ0) is 20.1. The average molecular weight is 466 g/mol. The Bertz CT molecular complexity index is 986. The van der Waals surface area contributed by atoms with Gasteiger partial charge in [-0.2, -0.15) is 4.31 Å². The van der Waals surface area contributed by atoms with Crippen molar-refractivity contribution in [2.45, 2.75) is 17.7 Å². The number of carboxylic acids is 1. The highest BCUT2D eigenvalue weighted by atomic mass is 79.9. The van der Waals surface area contributed by atoms with Gasteiger partial charge in [-0.3, -0.25) is 4.79 Å². The lowest BCUT2D eigenvalue weighted by Crippen LogP contribution is -2.34. The van der Waals surface area contributed by atoms with Crippen LogP contribution in [0, 0.1) is 0 Å². The Kier molecular flexibility index (Phi) is 6.53. The molecule has 28 heavy (non-hydrogen) atoms. The second-order valence-electron chi connectivity index (χ2n) is 6.28. The SMILES string of the molecule is O=C(O)CCOc1ccccc1C1=CCN(S(=O)(=O)c2ccc(Br)cc2)CC1. The van der Waals surface area contributed by atoms with Crippen molar-refractivity contribution in [1.29, 1.82) is 0 Å². The first kappa shape index (κ1) is 20.6. The van der Waals surface area contributed by atoms with Crippen LogP contribution in [0.4, 0.5) is 0 Å². The van der Waals surface area contributed by atoms with Crippen LogP contribution in [0.5, 0.6) is 5.75 Å². The lowest BCUT2D eigenvalue weighted by molar-refractivity contribution is -0.137. The third-order valence-electron chi connectivity index (χ3n) is 4.43. The normalized spacial score (nSPS) is 15.1. The fourth-order valence-corrected chi connectivity index (χ4v) is 4.62. The van der Waals surface area contributed by atoms with Gasteiger partial charge in [0.25, 0.3) is 0 Å². The van der Waals surface area contributed by atoms with E-state index in [4.69, 9.17) is 9.84 Å². The molecule has 2 aromatic rings. The summed E-state index contributed by atoms with van der Waals surface area (Å²) in [5.41, 5.74) is 1.86. The van der Waals surface area contributed by atoms with Crippen molar-refractivity contribution in [3.05, 3.63) is 64.6 Å². The van der Waals surface area contributed by atoms with Gasteiger partial charge >= 0.3 is 5.97 Å². The van der Waals surface area contributed by atoms with Gasteiger partial charge in [0.05, 0.1) is 17.9 Å². The van der Waals surface area contributed by atoms with Crippen molar-refractivity contribution >= 4 is 37.5 Å². The van der Waals surface area contributed by atoms with E-state index in [0.29, 0.717) is 18.7 Å². The van der Waals surface area contributed by atoms with Crippen molar-refractivity contribution in [1.82, 2.24) is 4.31 Å². The lowest BCUT2D eigenvalue weighted by atomic mass is 9.99. The molecule has 0 saturated carbocycles. The van der Waals surface area contributed by atoms with Gasteiger partial charge in [-0.15, -0.1) is 0 Å². The van der Waals surface area contributed by atoms with Crippen LogP contribution in [0.1, 0.15) is 18.4 Å². The molecule has 0 aromatic heterocycles. The van der Waals surface area contributed by atoms with E-state index in [0.717, 1.165) is 15.6 Å². The van der Waals surface area contributed by atoms with Crippen LogP contribution in [0.25, 0.3) is 5.57 Å². The molecule has 0 saturated heterocycles. The lowest BCUT2D eigenvalue weighted by Gasteiger charge is -2.26. The molecule has 2 aromatic carbocycles. The van der Waals surface area contributed by atoms with Crippen molar-refractivity contribution < 1.29 is 23.1 Å². The highest BCUT2D eigenvalue weighted by Crippen LogP contribution is 2.32. The van der Waals surface area contributed by atoms with Crippen LogP contribution >= 0.6 is 15.9 Å². The van der Waals surface area contributed by atoms with Crippen LogP contribution < -0.4 is 4.74 Å². The molecule has 6 nitrogen and oxygen atoms in total. The molecule has 8 heteroatoms. The van der Waals surface area contributed by atoms with Crippen LogP contribution in [-0.2, 0) is 14.8 Å². The van der Waals surface area contributed by atoms with E-state index in [1.807, 2.05) is 24.3 Å². The summed E-state index contributed by atoms with van der Waals surface area (Å²) >= 11 is 3.31. The van der Waals surface area contributed by atoms with Crippen molar-refractivity contribution in [3.63, 3.8) is 0 Å². The fourth-order valence-electron chi connectivity index (χ4n) is 2.98. The summed E-state index contributed by atoms with van der Waals surface area (Å²) in [4.78, 5) is 11.0. The average Bonchev–Trinajstić information content (AvgIpc) is 2.68. The van der Waals surface area contributed by atoms with Crippen LogP contribution in [0.2, 0.25) is 0 Å². The van der Waals surface area contributed by atoms with Crippen molar-refractivity contribution in [2.75, 3.05) is 19.7 Å². The zero-order valence-corrected chi connectivity index (χ0v) is 17.4. The molecule has 0 radical (unpaired) electrons. The number of aliphatic carboxylic acids is 1. The maximum atomic E-state index is 12.8. The summed E-state index contributed by atoms with van der Waals surface area (Å²) < 4.78 is 33.5. The van der Waals surface area contributed by atoms with Crippen LogP contribution in [0.3, 0.4) is 0 Å². The number of carboxylic acid groups (broad SMARTS) is 1. The highest BCUT2D eigenvalue weighted by molar-refractivity contribution is 9.10. The number of hydrogen-bond donors (Lipinski definition) is 1. The summed E-state index contributed by atoms with van der Waals surface area (Å²) in [5.74, 6) is -0.303. The molecule has 1 aliphatic rings. The van der Waals surface area contributed by atoms with Gasteiger partial charge < -0.3 is 9.84 Å². The summed E-state index contributed by atoms with van der Waals surface area (Å²) in [6.45, 7) is 0.731. The Hall–Kier alpha value is -2.16. The standard InChI is InChI=1S/C20H20BrNO5S/c21-16-5-7-17(8-6-16)28(25,26)22-12-9-15(10-13-22)18-3-1-2-4-19(18)27-14-11-20(23)24/h1-9H,10-14H2,(H,23,24). The highest BCUT2D eigenvalue weighted by Gasteiger charge is 2.26. The van der Waals surface area contributed by atoms with Crippen molar-refractivity contribution in [3.8, 4) is 5.75 Å². The minimum atomic E-state index is -3.55. The number of benzene rings is 2. The number of rotatable bonds is 7. The predicted octanol–water partition coefficient (Wildman–Crippen LogP) is 3.78. The summed E-state index contributed by atoms with van der Waals surface area (Å²) in [6.07, 6.45) is 2.36. The minimum absolute atomic E-state index is 0.0768. The molecule has 1 heterocycles. The first-order valence-corrected chi connectivity index (χ1v) is 11.0. The van der Waals surface area contributed by atoms with Gasteiger partial charge in [-0.05, 0) is 42.3 Å². The molecule has 3 rings (SSSR count). The predicted molar refractivity (Wildman–Crippen MR) is 110 cm³/mol. The molecule has 1 N–H and O–H groups in total. The van der Waals surface area contributed by atoms with Crippen LogP contribution in [-0.4, -0.2) is 43.5 Å². The Morgan fingerprint density at radius 3 is 2.50 bits per heavy atom. The second-order valence-corrected chi connectivity index (χ2v) is 9.14. The Morgan fingerprint density at radius 1 is 1.14 bits per heavy atom. The third-order valence-corrected chi connectivity index (χ3v) is 6.84. The molecule has 0 aliphatic carbocycles. The molecular weight excluding hydrogens is 446 g/mol. The fraction of sp³-hybridized carbons (Fsp3) is 0.250. The number of para-hydroxylation sites is 1. The van der Waals surface area contributed by atoms with Gasteiger partial charge in [0, 0.05) is 23.1 Å². The molecule has 0 fully saturated rings. The minimum Gasteiger partial charge on any atom is -0.492 e. The molecule has 0 bridgehead atoms. The largest absolute Gasteiger partial charge is 0.492 e. The Morgan fingerprint density at radius 2 is 1.86 bits per heavy atom. The van der Waals surface area contributed by atoms with Gasteiger partial charge in [0.15, 0.2) is 0 Å². The van der Waals surface area contributed by atoms with E-state index in [9.17, 15) is 13.2 Å². The quantitative estimate of drug-likeness (QED) is 0.672. The molecular formula is C20H20BrNO5S. The van der Waals surface area contributed by atoms with E-state index in [1.165, 1.54) is 4.31 Å². The number of ether oxygens (including phenoxy) is 1. The summed E-state index contributed by atoms with van der Waals surface area (Å²) in [6, 6.07) is 14.0. The number of nitrogens with zero attached hydrogens (tertiary/aromatic N) is 1. The van der Waals surface area contributed by atoms with E-state index in [1.54, 1.807) is 30.3 Å². The third kappa shape index (κ3) is 4.81. The molecule has 148 valence electrons. The molecule has 0 spiro atoms. The molecule has 0 atom stereocenters. The summed E-state index contributed by atoms with van der Waals surface area (Å²) in [7, 11) is -3.55. The molecule has 0 unspecified atom stereocenters. The molecule has 0 amide bonds. The zero-order valence-electron chi connectivity index (χ0n) is 15.0. The maximum Gasteiger partial charge on any atom is 0.306 e. The van der Waals surface area contributed by atoms with Crippen molar-refractivity contribution in [2.24, 2.45) is 0 Å². The number of hydrogen-bond acceptors (Lipinski definition) is 4. The number of carbonyl (C=O) groups is 1. The first-order valence-electron chi connectivity index (χ1n) is 8.76. The van der Waals surface area contributed by atoms with E-state index in [-0.39, 0.29) is 24.5 Å². The molecule has 1 aliphatic heterocycles. The van der Waals surface area contributed by atoms with E-state index < -0.39 is 16.0 Å². The maximum absolute atomic E-state index is 12.8. The van der Waals surface area contributed by atoms with E-state index >= 15 is 0 Å². The first-order chi connectivity index (χ1) is 13.4. The summed E-state index contributed by atoms with van der Waals surface area (Å²) in [5, 5.41) is 8.77. The number of sulfonamides is 1. The van der Waals surface area contributed by atoms with Gasteiger partial charge in [0.1, 0.15) is 5.75 Å². The smallest absolute Gasteiger partial charge is 0.306 e. The van der Waals surface area contributed by atoms with Gasteiger partial charge in [-0.1, -0.05) is 40.2 Å². The topological polar surface area (TPSA) is 83.9 Å². The van der Waals surface area contributed by atoms with Gasteiger partial charge in [0.2, 0.25) is 10.0 Å². The Labute approximate surface area is 172 Å². The monoisotopic (exact) mass is 465 g/mol. The van der Waals surface area contributed by atoms with E-state index in [2.05, 4.69) is 15.9 Å². The Balaban J connectivity index is 1.75. The van der Waals surface area contributed by atoms with Crippen LogP contribution in [0.15, 0.2) is 64.0 Å². The second kappa shape index (κ2) is 8.89.